The molecule has 4 nitrogen and oxygen atoms in total. The predicted molar refractivity (Wildman–Crippen MR) is 130 cm³/mol. The van der Waals surface area contributed by atoms with E-state index in [-0.39, 0.29) is 5.91 Å². The molecule has 0 saturated carbocycles. The van der Waals surface area contributed by atoms with Crippen molar-refractivity contribution >= 4 is 38.2 Å². The molecule has 2 aromatic carbocycles. The minimum Gasteiger partial charge on any atom is -0.354 e. The van der Waals surface area contributed by atoms with E-state index in [2.05, 4.69) is 83.4 Å². The molecule has 1 saturated heterocycles. The second-order valence-electron chi connectivity index (χ2n) is 8.81. The Kier molecular flexibility index (Phi) is 5.32. The van der Waals surface area contributed by atoms with Crippen LogP contribution in [-0.4, -0.2) is 35.5 Å². The quantitative estimate of drug-likeness (QED) is 0.434. The average molecular weight is 432 g/mol. The predicted octanol–water partition coefficient (Wildman–Crippen LogP) is 5.79. The molecule has 0 radical (unpaired) electrons. The van der Waals surface area contributed by atoms with Crippen molar-refractivity contribution in [3.05, 3.63) is 70.7 Å². The van der Waals surface area contributed by atoms with Crippen molar-refractivity contribution in [2.45, 2.75) is 38.8 Å². The van der Waals surface area contributed by atoms with Crippen LogP contribution in [0.4, 0.5) is 0 Å². The van der Waals surface area contributed by atoms with E-state index in [4.69, 9.17) is 0 Å². The molecular weight excluding hydrogens is 402 g/mol. The Hall–Kier alpha value is -2.63. The number of benzene rings is 2. The number of hydrogen-bond donors (Lipinski definition) is 1. The summed E-state index contributed by atoms with van der Waals surface area (Å²) in [5, 5.41) is 5.44. The van der Waals surface area contributed by atoms with Crippen LogP contribution in [0.1, 0.15) is 53.0 Å². The number of carbonyl (C=O) groups excluding carboxylic acids is 1. The maximum Gasteiger partial charge on any atom is 0.261 e. The fourth-order valence-corrected chi connectivity index (χ4v) is 6.27. The van der Waals surface area contributed by atoms with Gasteiger partial charge < -0.3 is 9.88 Å². The molecule has 4 aromatic rings. The Bertz CT molecular complexity index is 1250. The largest absolute Gasteiger partial charge is 0.354 e. The zero-order valence-electron chi connectivity index (χ0n) is 18.4. The minimum absolute atomic E-state index is 0.0367. The molecule has 1 amide bonds. The van der Waals surface area contributed by atoms with Crippen molar-refractivity contribution in [2.24, 2.45) is 0 Å². The summed E-state index contributed by atoms with van der Waals surface area (Å²) in [6.45, 7) is 7.48. The number of aromatic nitrogens is 1. The van der Waals surface area contributed by atoms with Crippen molar-refractivity contribution < 1.29 is 4.79 Å². The van der Waals surface area contributed by atoms with E-state index in [1.165, 1.54) is 32.1 Å². The van der Waals surface area contributed by atoms with Gasteiger partial charge in [0.1, 0.15) is 0 Å². The Morgan fingerprint density at radius 3 is 2.65 bits per heavy atom. The normalized spacial score (nSPS) is 17.2. The molecule has 5 heteroatoms. The third-order valence-electron chi connectivity index (χ3n) is 6.52. The number of fused-ring (bicyclic) bond motifs is 2. The smallest absolute Gasteiger partial charge is 0.261 e. The standard InChI is InChI=1S/C26H29N3OS/c1-17(2)29-16-19(20-8-4-6-10-22(20)29)15-28-13-12-18(14-28)24-21-9-5-7-11-23(21)31-25(24)26(30)27-3/h4-11,16-18H,12-15H2,1-3H3,(H,27,30). The highest BCUT2D eigenvalue weighted by molar-refractivity contribution is 7.21. The molecule has 160 valence electrons. The van der Waals surface area contributed by atoms with E-state index >= 15 is 0 Å². The highest BCUT2D eigenvalue weighted by atomic mass is 32.1. The summed E-state index contributed by atoms with van der Waals surface area (Å²) in [6.07, 6.45) is 3.42. The first kappa shape index (κ1) is 20.3. The Balaban J connectivity index is 1.44. The SMILES string of the molecule is CNC(=O)c1sc2ccccc2c1C1CCN(Cc2cn(C(C)C)c3ccccc23)C1. The minimum atomic E-state index is 0.0367. The first-order valence-corrected chi connectivity index (χ1v) is 11.9. The van der Waals surface area contributed by atoms with Crippen molar-refractivity contribution in [2.75, 3.05) is 20.1 Å². The lowest BCUT2D eigenvalue weighted by Gasteiger charge is -2.16. The van der Waals surface area contributed by atoms with E-state index in [0.717, 1.165) is 30.9 Å². The summed E-state index contributed by atoms with van der Waals surface area (Å²) in [4.78, 5) is 16.1. The topological polar surface area (TPSA) is 37.3 Å². The van der Waals surface area contributed by atoms with E-state index < -0.39 is 0 Å². The molecule has 1 aliphatic rings. The van der Waals surface area contributed by atoms with Crippen LogP contribution >= 0.6 is 11.3 Å². The summed E-state index contributed by atoms with van der Waals surface area (Å²) in [5.74, 6) is 0.427. The Morgan fingerprint density at radius 2 is 1.87 bits per heavy atom. The number of para-hydroxylation sites is 1. The molecule has 1 aliphatic heterocycles. The molecule has 2 aromatic heterocycles. The first-order valence-electron chi connectivity index (χ1n) is 11.1. The second kappa shape index (κ2) is 8.13. The van der Waals surface area contributed by atoms with Crippen LogP contribution in [0.5, 0.6) is 0 Å². The number of hydrogen-bond acceptors (Lipinski definition) is 3. The fraction of sp³-hybridized carbons (Fsp3) is 0.346. The second-order valence-corrected chi connectivity index (χ2v) is 9.87. The lowest BCUT2D eigenvalue weighted by atomic mass is 9.95. The van der Waals surface area contributed by atoms with Crippen molar-refractivity contribution in [3.63, 3.8) is 0 Å². The van der Waals surface area contributed by atoms with Gasteiger partial charge in [-0.25, -0.2) is 0 Å². The first-order chi connectivity index (χ1) is 15.1. The molecule has 3 heterocycles. The van der Waals surface area contributed by atoms with Gasteiger partial charge in [0.25, 0.3) is 5.91 Å². The molecule has 31 heavy (non-hydrogen) atoms. The fourth-order valence-electron chi connectivity index (χ4n) is 5.04. The van der Waals surface area contributed by atoms with Crippen molar-refractivity contribution in [3.8, 4) is 0 Å². The van der Waals surface area contributed by atoms with Crippen LogP contribution < -0.4 is 5.32 Å². The maximum atomic E-state index is 12.6. The third-order valence-corrected chi connectivity index (χ3v) is 7.71. The van der Waals surface area contributed by atoms with Crippen LogP contribution in [0.2, 0.25) is 0 Å². The van der Waals surface area contributed by atoms with Gasteiger partial charge in [-0.1, -0.05) is 36.4 Å². The van der Waals surface area contributed by atoms with E-state index in [1.807, 2.05) is 0 Å². The summed E-state index contributed by atoms with van der Waals surface area (Å²) >= 11 is 1.62. The van der Waals surface area contributed by atoms with E-state index in [1.54, 1.807) is 18.4 Å². The van der Waals surface area contributed by atoms with Gasteiger partial charge in [-0.15, -0.1) is 11.3 Å². The molecule has 0 bridgehead atoms. The third kappa shape index (κ3) is 3.56. The van der Waals surface area contributed by atoms with Gasteiger partial charge in [-0.2, -0.15) is 0 Å². The van der Waals surface area contributed by atoms with Gasteiger partial charge in [0.15, 0.2) is 0 Å². The van der Waals surface area contributed by atoms with E-state index in [9.17, 15) is 4.79 Å². The zero-order chi connectivity index (χ0) is 21.5. The highest BCUT2D eigenvalue weighted by Crippen LogP contribution is 2.40. The number of thiophene rings is 1. The van der Waals surface area contributed by atoms with Gasteiger partial charge in [0.05, 0.1) is 4.88 Å². The lowest BCUT2D eigenvalue weighted by Crippen LogP contribution is -2.21. The number of nitrogens with zero attached hydrogens (tertiary/aromatic N) is 2. The molecule has 1 atom stereocenters. The lowest BCUT2D eigenvalue weighted by molar-refractivity contribution is 0.0966. The molecule has 0 aliphatic carbocycles. The zero-order valence-corrected chi connectivity index (χ0v) is 19.2. The number of likely N-dealkylation sites (tertiary alicyclic amines) is 1. The van der Waals surface area contributed by atoms with Crippen molar-refractivity contribution in [1.82, 2.24) is 14.8 Å². The van der Waals surface area contributed by atoms with Crippen LogP contribution in [0.25, 0.3) is 21.0 Å². The van der Waals surface area contributed by atoms with Crippen LogP contribution in [-0.2, 0) is 6.54 Å². The molecule has 1 fully saturated rings. The summed E-state index contributed by atoms with van der Waals surface area (Å²) < 4.78 is 3.59. The number of amides is 1. The van der Waals surface area contributed by atoms with Crippen LogP contribution in [0.3, 0.4) is 0 Å². The van der Waals surface area contributed by atoms with Gasteiger partial charge in [0.2, 0.25) is 0 Å². The van der Waals surface area contributed by atoms with Gasteiger partial charge >= 0.3 is 0 Å². The van der Waals surface area contributed by atoms with Gasteiger partial charge in [0, 0.05) is 53.9 Å². The molecule has 0 spiro atoms. The highest BCUT2D eigenvalue weighted by Gasteiger charge is 2.30. The number of rotatable bonds is 5. The average Bonchev–Trinajstić information content (AvgIpc) is 3.49. The maximum absolute atomic E-state index is 12.6. The molecule has 1 unspecified atom stereocenters. The molecule has 5 rings (SSSR count). The Labute approximate surface area is 187 Å². The summed E-state index contributed by atoms with van der Waals surface area (Å²) in [5.41, 5.74) is 3.95. The summed E-state index contributed by atoms with van der Waals surface area (Å²) in [6, 6.07) is 17.6. The monoisotopic (exact) mass is 431 g/mol. The van der Waals surface area contributed by atoms with Crippen molar-refractivity contribution in [1.29, 1.82) is 0 Å². The number of nitrogens with one attached hydrogen (secondary N) is 1. The van der Waals surface area contributed by atoms with Gasteiger partial charge in [-0.05, 0) is 55.5 Å². The van der Waals surface area contributed by atoms with Crippen LogP contribution in [0.15, 0.2) is 54.7 Å². The van der Waals surface area contributed by atoms with Crippen LogP contribution in [0, 0.1) is 0 Å². The summed E-state index contributed by atoms with van der Waals surface area (Å²) in [7, 11) is 1.72. The van der Waals surface area contributed by atoms with E-state index in [0.29, 0.717) is 12.0 Å². The number of carbonyl (C=O) groups is 1. The van der Waals surface area contributed by atoms with Gasteiger partial charge in [-0.3, -0.25) is 9.69 Å². The molecule has 1 N–H and O–H groups in total. The Morgan fingerprint density at radius 1 is 1.13 bits per heavy atom. The molecular formula is C26H29N3OS.